The highest BCUT2D eigenvalue weighted by atomic mass is 79.9. The van der Waals surface area contributed by atoms with Crippen LogP contribution in [0.25, 0.3) is 0 Å². The predicted octanol–water partition coefficient (Wildman–Crippen LogP) is 3.42. The third-order valence-electron chi connectivity index (χ3n) is 3.95. The normalized spacial score (nSPS) is 11.8. The molecule has 0 fully saturated rings. The van der Waals surface area contributed by atoms with Gasteiger partial charge in [0.05, 0.1) is 12.8 Å². The zero-order valence-electron chi connectivity index (χ0n) is 14.3. The minimum absolute atomic E-state index is 0.0329. The Morgan fingerprint density at radius 1 is 1.25 bits per heavy atom. The highest BCUT2D eigenvalue weighted by Crippen LogP contribution is 2.25. The van der Waals surface area contributed by atoms with Crippen LogP contribution in [0.1, 0.15) is 30.5 Å². The maximum absolute atomic E-state index is 12.3. The van der Waals surface area contributed by atoms with Gasteiger partial charge in [-0.1, -0.05) is 41.1 Å². The third kappa shape index (κ3) is 5.08. The lowest BCUT2D eigenvalue weighted by Crippen LogP contribution is -2.87. The molecule has 0 radical (unpaired) electrons. The van der Waals surface area contributed by atoms with Crippen molar-refractivity contribution in [1.29, 1.82) is 0 Å². The van der Waals surface area contributed by atoms with Crippen LogP contribution >= 0.6 is 15.9 Å². The lowest BCUT2D eigenvalue weighted by atomic mass is 10.0. The van der Waals surface area contributed by atoms with E-state index in [0.29, 0.717) is 18.0 Å². The molecule has 3 N–H and O–H groups in total. The fourth-order valence-corrected chi connectivity index (χ4v) is 2.88. The first-order valence-corrected chi connectivity index (χ1v) is 8.86. The van der Waals surface area contributed by atoms with E-state index < -0.39 is 0 Å². The number of benzene rings is 2. The van der Waals surface area contributed by atoms with Crippen molar-refractivity contribution in [3.05, 3.63) is 58.1 Å². The van der Waals surface area contributed by atoms with E-state index in [0.717, 1.165) is 16.5 Å². The van der Waals surface area contributed by atoms with E-state index in [9.17, 15) is 4.79 Å². The molecular weight excluding hydrogens is 368 g/mol. The average Bonchev–Trinajstić information content (AvgIpc) is 2.57. The van der Waals surface area contributed by atoms with E-state index in [2.05, 4.69) is 45.6 Å². The number of carbonyl (C=O) groups excluding carboxylic acids is 1. The van der Waals surface area contributed by atoms with Crippen LogP contribution in [0.4, 0.5) is 5.69 Å². The van der Waals surface area contributed by atoms with Crippen molar-refractivity contribution in [2.24, 2.45) is 0 Å². The molecule has 24 heavy (non-hydrogen) atoms. The zero-order valence-corrected chi connectivity index (χ0v) is 15.9. The molecule has 0 aliphatic carbocycles. The van der Waals surface area contributed by atoms with Crippen molar-refractivity contribution in [3.63, 3.8) is 0 Å². The van der Waals surface area contributed by atoms with Gasteiger partial charge in [0.1, 0.15) is 11.8 Å². The maximum atomic E-state index is 12.3. The molecule has 0 aliphatic rings. The number of aryl methyl sites for hydroxylation is 1. The van der Waals surface area contributed by atoms with Gasteiger partial charge in [0.15, 0.2) is 6.54 Å². The summed E-state index contributed by atoms with van der Waals surface area (Å²) in [6.45, 7) is 4.48. The number of halogens is 1. The van der Waals surface area contributed by atoms with Crippen LogP contribution in [0, 0.1) is 6.92 Å². The SMILES string of the molecule is CC[C@@H]([NH2+]CC(=O)Nc1cc(C)ccc1OC)c1ccc(Br)cc1. The summed E-state index contributed by atoms with van der Waals surface area (Å²) >= 11 is 3.45. The number of ether oxygens (including phenoxy) is 1. The van der Waals surface area contributed by atoms with Crippen LogP contribution in [-0.4, -0.2) is 19.6 Å². The van der Waals surface area contributed by atoms with Gasteiger partial charge in [0.25, 0.3) is 5.91 Å². The maximum Gasteiger partial charge on any atom is 0.279 e. The Hall–Kier alpha value is -1.85. The van der Waals surface area contributed by atoms with Gasteiger partial charge >= 0.3 is 0 Å². The van der Waals surface area contributed by atoms with Crippen LogP contribution in [0.2, 0.25) is 0 Å². The number of nitrogens with two attached hydrogens (primary N) is 1. The summed E-state index contributed by atoms with van der Waals surface area (Å²) in [6, 6.07) is 14.3. The number of nitrogens with one attached hydrogen (secondary N) is 1. The Kier molecular flexibility index (Phi) is 6.82. The minimum Gasteiger partial charge on any atom is -0.495 e. The summed E-state index contributed by atoms with van der Waals surface area (Å²) in [5.41, 5.74) is 3.02. The Labute approximate surface area is 151 Å². The number of amides is 1. The van der Waals surface area contributed by atoms with Gasteiger partial charge in [-0.15, -0.1) is 0 Å². The first-order valence-electron chi connectivity index (χ1n) is 8.06. The van der Waals surface area contributed by atoms with Crippen LogP contribution in [0.5, 0.6) is 5.75 Å². The quantitative estimate of drug-likeness (QED) is 0.759. The Balaban J connectivity index is 1.97. The molecule has 0 aromatic heterocycles. The Morgan fingerprint density at radius 2 is 1.96 bits per heavy atom. The molecule has 2 rings (SSSR count). The summed E-state index contributed by atoms with van der Waals surface area (Å²) in [7, 11) is 1.60. The number of methoxy groups -OCH3 is 1. The number of hydrogen-bond donors (Lipinski definition) is 2. The molecule has 0 spiro atoms. The summed E-state index contributed by atoms with van der Waals surface area (Å²) in [5, 5.41) is 5.01. The average molecular weight is 392 g/mol. The van der Waals surface area contributed by atoms with E-state index in [1.807, 2.05) is 37.3 Å². The molecule has 1 atom stereocenters. The first kappa shape index (κ1) is 18.5. The molecule has 2 aromatic rings. The van der Waals surface area contributed by atoms with Crippen molar-refractivity contribution < 1.29 is 14.8 Å². The smallest absolute Gasteiger partial charge is 0.279 e. The van der Waals surface area contributed by atoms with Gasteiger partial charge in [-0.3, -0.25) is 4.79 Å². The number of anilines is 1. The van der Waals surface area contributed by atoms with E-state index in [4.69, 9.17) is 4.74 Å². The largest absolute Gasteiger partial charge is 0.495 e. The summed E-state index contributed by atoms with van der Waals surface area (Å²) in [4.78, 5) is 12.3. The Bertz CT molecular complexity index is 686. The van der Waals surface area contributed by atoms with E-state index in [1.165, 1.54) is 5.56 Å². The fraction of sp³-hybridized carbons (Fsp3) is 0.316. The molecule has 2 aromatic carbocycles. The zero-order chi connectivity index (χ0) is 17.5. The van der Waals surface area contributed by atoms with Crippen molar-refractivity contribution >= 4 is 27.5 Å². The van der Waals surface area contributed by atoms with Crippen LogP contribution in [0.3, 0.4) is 0 Å². The molecule has 0 saturated heterocycles. The van der Waals surface area contributed by atoms with Gasteiger partial charge < -0.3 is 15.4 Å². The lowest BCUT2D eigenvalue weighted by Gasteiger charge is -2.15. The van der Waals surface area contributed by atoms with E-state index in [-0.39, 0.29) is 11.9 Å². The molecular formula is C19H24BrN2O2+. The predicted molar refractivity (Wildman–Crippen MR) is 100 cm³/mol. The highest BCUT2D eigenvalue weighted by molar-refractivity contribution is 9.10. The number of rotatable bonds is 7. The molecule has 4 nitrogen and oxygen atoms in total. The van der Waals surface area contributed by atoms with Crippen molar-refractivity contribution in [1.82, 2.24) is 0 Å². The van der Waals surface area contributed by atoms with Crippen LogP contribution in [0.15, 0.2) is 46.9 Å². The van der Waals surface area contributed by atoms with E-state index >= 15 is 0 Å². The van der Waals surface area contributed by atoms with Gasteiger partial charge in [-0.05, 0) is 36.8 Å². The first-order chi connectivity index (χ1) is 11.5. The number of hydrogen-bond acceptors (Lipinski definition) is 2. The topological polar surface area (TPSA) is 54.9 Å². The summed E-state index contributed by atoms with van der Waals surface area (Å²) < 4.78 is 6.36. The molecule has 1 amide bonds. The van der Waals surface area contributed by atoms with Crippen molar-refractivity contribution in [2.75, 3.05) is 19.0 Å². The van der Waals surface area contributed by atoms with Gasteiger partial charge in [-0.25, -0.2) is 0 Å². The van der Waals surface area contributed by atoms with Crippen LogP contribution < -0.4 is 15.4 Å². The molecule has 0 saturated carbocycles. The summed E-state index contributed by atoms with van der Waals surface area (Å²) in [6.07, 6.45) is 0.961. The van der Waals surface area contributed by atoms with Gasteiger partial charge in [-0.2, -0.15) is 0 Å². The second-order valence-corrected chi connectivity index (χ2v) is 6.67. The fourth-order valence-electron chi connectivity index (χ4n) is 2.62. The molecule has 0 bridgehead atoms. The molecule has 128 valence electrons. The second kappa shape index (κ2) is 8.85. The van der Waals surface area contributed by atoms with E-state index in [1.54, 1.807) is 7.11 Å². The summed E-state index contributed by atoms with van der Waals surface area (Å²) in [5.74, 6) is 0.642. The molecule has 5 heteroatoms. The van der Waals surface area contributed by atoms with Gasteiger partial charge in [0.2, 0.25) is 0 Å². The Morgan fingerprint density at radius 3 is 2.58 bits per heavy atom. The number of carbonyl (C=O) groups is 1. The molecule has 0 unspecified atom stereocenters. The van der Waals surface area contributed by atoms with Crippen molar-refractivity contribution in [2.45, 2.75) is 26.3 Å². The molecule has 0 aliphatic heterocycles. The van der Waals surface area contributed by atoms with Gasteiger partial charge in [0, 0.05) is 16.5 Å². The third-order valence-corrected chi connectivity index (χ3v) is 4.48. The second-order valence-electron chi connectivity index (χ2n) is 5.76. The monoisotopic (exact) mass is 391 g/mol. The minimum atomic E-state index is -0.0329. The highest BCUT2D eigenvalue weighted by Gasteiger charge is 2.15. The lowest BCUT2D eigenvalue weighted by molar-refractivity contribution is -0.686. The van der Waals surface area contributed by atoms with Crippen molar-refractivity contribution in [3.8, 4) is 5.75 Å². The van der Waals surface area contributed by atoms with Crippen LogP contribution in [-0.2, 0) is 4.79 Å². The standard InChI is InChI=1S/C19H23BrN2O2/c1-4-16(14-6-8-15(20)9-7-14)21-12-19(23)22-17-11-13(2)5-10-18(17)24-3/h5-11,16,21H,4,12H2,1-3H3,(H,22,23)/p+1/t16-/m1/s1. The molecule has 0 heterocycles. The number of quaternary nitrogens is 1.